The van der Waals surface area contributed by atoms with Crippen molar-refractivity contribution in [3.63, 3.8) is 0 Å². The number of nitrogens with zero attached hydrogens (tertiary/aromatic N) is 3. The molecule has 1 fully saturated rings. The molecular formula is C26H29F2N5O7. The number of hydrogen-bond donors (Lipinski definition) is 5. The number of halogens is 2. The largest absolute Gasteiger partial charge is 0.481 e. The van der Waals surface area contributed by atoms with Crippen LogP contribution in [0.15, 0.2) is 42.6 Å². The number of piperidine rings is 1. The van der Waals surface area contributed by atoms with E-state index < -0.39 is 29.7 Å². The minimum atomic E-state index is -1.82. The number of rotatable bonds is 8. The van der Waals surface area contributed by atoms with E-state index in [2.05, 4.69) is 25.5 Å². The van der Waals surface area contributed by atoms with Crippen LogP contribution < -0.4 is 15.4 Å². The Bertz CT molecular complexity index is 1320. The second-order valence-electron chi connectivity index (χ2n) is 8.91. The molecule has 1 saturated heterocycles. The third kappa shape index (κ3) is 8.90. The van der Waals surface area contributed by atoms with Gasteiger partial charge in [0.05, 0.1) is 30.8 Å². The summed E-state index contributed by atoms with van der Waals surface area (Å²) in [5, 5.41) is 31.4. The lowest BCUT2D eigenvalue weighted by Gasteiger charge is -2.33. The summed E-state index contributed by atoms with van der Waals surface area (Å²) in [6.45, 7) is 2.01. The molecule has 12 nitrogen and oxygen atoms in total. The first-order chi connectivity index (χ1) is 19.0. The molecule has 2 aromatic heterocycles. The number of aliphatic carboxylic acids is 2. The Morgan fingerprint density at radius 2 is 1.73 bits per heavy atom. The number of ether oxygens (including phenoxy) is 1. The molecule has 3 heterocycles. The Morgan fingerprint density at radius 1 is 1.07 bits per heavy atom. The van der Waals surface area contributed by atoms with Crippen molar-refractivity contribution < 1.29 is 43.2 Å². The SMILES string of the molecule is COc1ccc2nccc([C@@H](O)CN3CCC(NCC(=O)Nc4cc(F)cc(F)c4)CC3)c2n1.O=C(O)C(=O)O. The van der Waals surface area contributed by atoms with Gasteiger partial charge in [-0.25, -0.2) is 23.4 Å². The first-order valence-corrected chi connectivity index (χ1v) is 12.2. The standard InChI is InChI=1S/C24H27F2N5O3.C2H2O4/c1-34-23-3-2-20-24(30-23)19(4-7-27-20)21(32)14-31-8-5-17(6-9-31)28-13-22(33)29-18-11-15(25)10-16(26)12-18;3-1(4)2(5)6/h2-4,7,10-12,17,21,28,32H,5-6,8-9,13-14H2,1H3,(H,29,33);(H,3,4)(H,5,6)/t21-;/m0./s1. The summed E-state index contributed by atoms with van der Waals surface area (Å²) < 4.78 is 31.7. The third-order valence-electron chi connectivity index (χ3n) is 6.06. The molecule has 3 aromatic rings. The third-order valence-corrected chi connectivity index (χ3v) is 6.06. The number of carbonyl (C=O) groups excluding carboxylic acids is 1. The molecule has 0 radical (unpaired) electrons. The van der Waals surface area contributed by atoms with E-state index in [-0.39, 0.29) is 24.2 Å². The Hall–Kier alpha value is -4.27. The van der Waals surface area contributed by atoms with E-state index in [1.165, 1.54) is 0 Å². The van der Waals surface area contributed by atoms with Gasteiger partial charge in [-0.2, -0.15) is 0 Å². The fourth-order valence-electron chi connectivity index (χ4n) is 4.14. The van der Waals surface area contributed by atoms with Crippen LogP contribution in [0.3, 0.4) is 0 Å². The number of amides is 1. The Labute approximate surface area is 227 Å². The van der Waals surface area contributed by atoms with Gasteiger partial charge in [0.15, 0.2) is 0 Å². The van der Waals surface area contributed by atoms with Gasteiger partial charge in [0, 0.05) is 42.2 Å². The van der Waals surface area contributed by atoms with Gasteiger partial charge >= 0.3 is 11.9 Å². The highest BCUT2D eigenvalue weighted by Gasteiger charge is 2.23. The molecule has 0 saturated carbocycles. The van der Waals surface area contributed by atoms with Crippen LogP contribution in [0.1, 0.15) is 24.5 Å². The van der Waals surface area contributed by atoms with Crippen LogP contribution in [-0.2, 0) is 14.4 Å². The van der Waals surface area contributed by atoms with Crippen molar-refractivity contribution in [1.29, 1.82) is 0 Å². The number of aliphatic hydroxyl groups is 1. The molecule has 40 heavy (non-hydrogen) atoms. The Balaban J connectivity index is 0.000000663. The molecule has 1 aromatic carbocycles. The van der Waals surface area contributed by atoms with Gasteiger partial charge in [-0.1, -0.05) is 0 Å². The number of benzene rings is 1. The number of carbonyl (C=O) groups is 3. The van der Waals surface area contributed by atoms with Crippen molar-refractivity contribution in [1.82, 2.24) is 20.2 Å². The van der Waals surface area contributed by atoms with E-state index in [0.717, 1.165) is 44.1 Å². The first kappa shape index (κ1) is 30.3. The molecule has 4 rings (SSSR count). The maximum atomic E-state index is 13.3. The number of likely N-dealkylation sites (tertiary alicyclic amines) is 1. The molecule has 214 valence electrons. The number of anilines is 1. The van der Waals surface area contributed by atoms with E-state index in [1.807, 2.05) is 6.07 Å². The predicted octanol–water partition coefficient (Wildman–Crippen LogP) is 1.80. The van der Waals surface area contributed by atoms with Crippen molar-refractivity contribution in [2.75, 3.05) is 38.6 Å². The van der Waals surface area contributed by atoms with Crippen LogP contribution in [0, 0.1) is 11.6 Å². The molecule has 0 bridgehead atoms. The van der Waals surface area contributed by atoms with E-state index in [4.69, 9.17) is 24.5 Å². The quantitative estimate of drug-likeness (QED) is 0.254. The number of hydrogen-bond acceptors (Lipinski definition) is 9. The molecule has 1 aliphatic rings. The molecule has 1 aliphatic heterocycles. The summed E-state index contributed by atoms with van der Waals surface area (Å²) in [4.78, 5) is 41.2. The number of nitrogens with one attached hydrogen (secondary N) is 2. The predicted molar refractivity (Wildman–Crippen MR) is 139 cm³/mol. The maximum absolute atomic E-state index is 13.3. The summed E-state index contributed by atoms with van der Waals surface area (Å²) in [7, 11) is 1.55. The average molecular weight is 562 g/mol. The number of β-amino-alcohol motifs (C(OH)–C–C–N with tert-alkyl or cyclic N) is 1. The first-order valence-electron chi connectivity index (χ1n) is 12.2. The number of carboxylic acids is 2. The highest BCUT2D eigenvalue weighted by molar-refractivity contribution is 6.27. The minimum absolute atomic E-state index is 0.0436. The second kappa shape index (κ2) is 14.2. The van der Waals surface area contributed by atoms with Crippen molar-refractivity contribution >= 4 is 34.6 Å². The fraction of sp³-hybridized carbons (Fsp3) is 0.346. The zero-order chi connectivity index (χ0) is 29.2. The van der Waals surface area contributed by atoms with Crippen LogP contribution in [0.2, 0.25) is 0 Å². The average Bonchev–Trinajstić information content (AvgIpc) is 2.91. The van der Waals surface area contributed by atoms with Gasteiger partial charge in [-0.05, 0) is 50.2 Å². The van der Waals surface area contributed by atoms with Gasteiger partial charge in [0.25, 0.3) is 0 Å². The van der Waals surface area contributed by atoms with E-state index in [1.54, 1.807) is 25.4 Å². The van der Waals surface area contributed by atoms with Gasteiger partial charge in [0.2, 0.25) is 11.8 Å². The highest BCUT2D eigenvalue weighted by atomic mass is 19.1. The lowest BCUT2D eigenvalue weighted by molar-refractivity contribution is -0.159. The number of aromatic nitrogens is 2. The normalized spacial score (nSPS) is 14.6. The van der Waals surface area contributed by atoms with Crippen molar-refractivity contribution in [3.8, 4) is 5.88 Å². The fourth-order valence-corrected chi connectivity index (χ4v) is 4.14. The minimum Gasteiger partial charge on any atom is -0.481 e. The Morgan fingerprint density at radius 3 is 2.33 bits per heavy atom. The molecule has 14 heteroatoms. The van der Waals surface area contributed by atoms with Crippen molar-refractivity contribution in [2.45, 2.75) is 25.0 Å². The summed E-state index contributed by atoms with van der Waals surface area (Å²) in [5.74, 6) is -5.03. The van der Waals surface area contributed by atoms with Crippen LogP contribution >= 0.6 is 0 Å². The molecule has 0 unspecified atom stereocenters. The summed E-state index contributed by atoms with van der Waals surface area (Å²) in [6.07, 6.45) is 2.54. The van der Waals surface area contributed by atoms with Crippen molar-refractivity contribution in [2.24, 2.45) is 0 Å². The summed E-state index contributed by atoms with van der Waals surface area (Å²) >= 11 is 0. The monoisotopic (exact) mass is 561 g/mol. The lowest BCUT2D eigenvalue weighted by Crippen LogP contribution is -2.45. The van der Waals surface area contributed by atoms with Crippen LogP contribution in [0.4, 0.5) is 14.5 Å². The van der Waals surface area contributed by atoms with Gasteiger partial charge in [-0.15, -0.1) is 0 Å². The molecular weight excluding hydrogens is 532 g/mol. The second-order valence-corrected chi connectivity index (χ2v) is 8.91. The molecule has 1 amide bonds. The van der Waals surface area contributed by atoms with Gasteiger partial charge in [-0.3, -0.25) is 9.78 Å². The van der Waals surface area contributed by atoms with Gasteiger partial charge < -0.3 is 35.6 Å². The maximum Gasteiger partial charge on any atom is 0.414 e. The number of methoxy groups -OCH3 is 1. The van der Waals surface area contributed by atoms with Crippen molar-refractivity contribution in [3.05, 3.63) is 59.8 Å². The van der Waals surface area contributed by atoms with E-state index >= 15 is 0 Å². The van der Waals surface area contributed by atoms with Crippen LogP contribution in [0.5, 0.6) is 5.88 Å². The molecule has 0 spiro atoms. The van der Waals surface area contributed by atoms with E-state index in [0.29, 0.717) is 29.0 Å². The zero-order valence-electron chi connectivity index (χ0n) is 21.5. The van der Waals surface area contributed by atoms with Crippen LogP contribution in [-0.4, -0.2) is 87.4 Å². The lowest BCUT2D eigenvalue weighted by atomic mass is 10.0. The summed E-state index contributed by atoms with van der Waals surface area (Å²) in [6, 6.07) is 8.36. The van der Waals surface area contributed by atoms with Crippen LogP contribution in [0.25, 0.3) is 11.0 Å². The number of pyridine rings is 2. The smallest absolute Gasteiger partial charge is 0.414 e. The zero-order valence-corrected chi connectivity index (χ0v) is 21.5. The highest BCUT2D eigenvalue weighted by Crippen LogP contribution is 2.25. The Kier molecular flexibility index (Phi) is 10.8. The molecule has 0 aliphatic carbocycles. The number of aliphatic hydroxyl groups excluding tert-OH is 1. The molecule has 1 atom stereocenters. The number of fused-ring (bicyclic) bond motifs is 1. The number of carboxylic acid groups (broad SMARTS) is 2. The van der Waals surface area contributed by atoms with E-state index in [9.17, 15) is 18.7 Å². The van der Waals surface area contributed by atoms with Gasteiger partial charge in [0.1, 0.15) is 11.6 Å². The summed E-state index contributed by atoms with van der Waals surface area (Å²) in [5.41, 5.74) is 2.10. The molecule has 5 N–H and O–H groups in total. The topological polar surface area (TPSA) is 174 Å².